The van der Waals surface area contributed by atoms with Gasteiger partial charge in [0.1, 0.15) is 22.6 Å². The number of fused-ring (bicyclic) bond motifs is 5. The second kappa shape index (κ2) is 10.3. The first-order valence-electron chi connectivity index (χ1n) is 15.2. The smallest absolute Gasteiger partial charge is 0.228 e. The monoisotopic (exact) mass is 602 g/mol. The molecule has 3 N–H and O–H groups in total. The second-order valence-corrected chi connectivity index (χ2v) is 14.2. The molecule has 4 aromatic rings. The number of thiophene rings is 1. The molecule has 7 rings (SSSR count). The molecular weight excluding hydrogens is 564 g/mol. The SMILES string of the molecule is C[C@H](Oc1nc(-c2noc3c2CCC[C@@]32CCCc3sc(N)c(C#N)c32)nc2c1cnn2CC(C)(C)O)[C@@H]1CCCN1C. The Kier molecular flexibility index (Phi) is 6.76. The third-order valence-electron chi connectivity index (χ3n) is 9.49. The average molecular weight is 603 g/mol. The Morgan fingerprint density at radius 2 is 2.07 bits per heavy atom. The number of anilines is 1. The molecule has 3 aliphatic rings. The van der Waals surface area contributed by atoms with Gasteiger partial charge in [0, 0.05) is 16.5 Å². The van der Waals surface area contributed by atoms with E-state index < -0.39 is 11.0 Å². The van der Waals surface area contributed by atoms with Crippen LogP contribution in [0.15, 0.2) is 10.7 Å². The number of ether oxygens (including phenoxy) is 1. The van der Waals surface area contributed by atoms with E-state index in [0.717, 1.165) is 74.8 Å². The van der Waals surface area contributed by atoms with E-state index in [1.165, 1.54) is 16.2 Å². The fourth-order valence-corrected chi connectivity index (χ4v) is 8.77. The fraction of sp³-hybridized carbons (Fsp3) is 0.581. The summed E-state index contributed by atoms with van der Waals surface area (Å²) in [6, 6.07) is 2.67. The molecule has 226 valence electrons. The number of likely N-dealkylation sites (N-methyl/N-ethyl adjacent to an activating group) is 1. The molecule has 0 bridgehead atoms. The van der Waals surface area contributed by atoms with Gasteiger partial charge in [-0.25, -0.2) is 9.67 Å². The maximum atomic E-state index is 10.6. The van der Waals surface area contributed by atoms with E-state index in [-0.39, 0.29) is 18.7 Å². The van der Waals surface area contributed by atoms with Crippen LogP contribution < -0.4 is 10.5 Å². The van der Waals surface area contributed by atoms with Crippen LogP contribution in [0.2, 0.25) is 0 Å². The van der Waals surface area contributed by atoms with Crippen molar-refractivity contribution < 1.29 is 14.4 Å². The number of hydrogen-bond donors (Lipinski definition) is 2. The summed E-state index contributed by atoms with van der Waals surface area (Å²) in [6.07, 6.45) is 9.20. The van der Waals surface area contributed by atoms with Crippen LogP contribution in [0.25, 0.3) is 22.6 Å². The molecule has 1 fully saturated rings. The highest BCUT2D eigenvalue weighted by Crippen LogP contribution is 2.55. The number of hydrogen-bond acceptors (Lipinski definition) is 11. The van der Waals surface area contributed by atoms with Gasteiger partial charge < -0.3 is 20.1 Å². The number of aryl methyl sites for hydroxylation is 1. The summed E-state index contributed by atoms with van der Waals surface area (Å²) in [5.74, 6) is 1.67. The Hall–Kier alpha value is -3.53. The standard InChI is InChI=1S/C31H38N8O3S/c1-17(21-9-7-13-38(21)4)41-29-20-15-34-39(16-30(2,3)40)28(20)35-27(36-29)24-18-8-5-11-31(25(18)42-37-24)12-6-10-22-23(31)19(14-32)26(33)43-22/h15,17,21,40H,5-13,16,33H2,1-4H3/t17-,21-,31-/m0/s1. The topological polar surface area (TPSA) is 152 Å². The number of aliphatic hydroxyl groups is 1. The van der Waals surface area contributed by atoms with E-state index >= 15 is 0 Å². The Balaban J connectivity index is 1.36. The molecule has 11 nitrogen and oxygen atoms in total. The summed E-state index contributed by atoms with van der Waals surface area (Å²) >= 11 is 1.53. The Morgan fingerprint density at radius 1 is 1.28 bits per heavy atom. The highest BCUT2D eigenvalue weighted by atomic mass is 32.1. The lowest BCUT2D eigenvalue weighted by atomic mass is 9.63. The summed E-state index contributed by atoms with van der Waals surface area (Å²) in [5, 5.41) is 31.1. The number of nitrogens with zero attached hydrogens (tertiary/aromatic N) is 7. The molecule has 2 aliphatic carbocycles. The van der Waals surface area contributed by atoms with Crippen LogP contribution in [0.3, 0.4) is 0 Å². The first kappa shape index (κ1) is 28.3. The summed E-state index contributed by atoms with van der Waals surface area (Å²) in [5.41, 5.74) is 8.68. The maximum absolute atomic E-state index is 10.6. The zero-order valence-electron chi connectivity index (χ0n) is 25.2. The summed E-state index contributed by atoms with van der Waals surface area (Å²) < 4.78 is 14.5. The number of nitrogens with two attached hydrogens (primary N) is 1. The molecule has 43 heavy (non-hydrogen) atoms. The minimum Gasteiger partial charge on any atom is -0.472 e. The minimum absolute atomic E-state index is 0.0975. The van der Waals surface area contributed by atoms with E-state index in [1.54, 1.807) is 24.7 Å². The van der Waals surface area contributed by atoms with Crippen molar-refractivity contribution >= 4 is 27.4 Å². The van der Waals surface area contributed by atoms with Gasteiger partial charge in [-0.15, -0.1) is 11.3 Å². The molecule has 1 saturated heterocycles. The number of aromatic nitrogens is 5. The largest absolute Gasteiger partial charge is 0.472 e. The van der Waals surface area contributed by atoms with Crippen LogP contribution in [-0.4, -0.2) is 66.3 Å². The Bertz CT molecular complexity index is 1740. The Morgan fingerprint density at radius 3 is 2.79 bits per heavy atom. The first-order valence-corrected chi connectivity index (χ1v) is 16.1. The minimum atomic E-state index is -0.996. The number of likely N-dealkylation sites (tertiary alicyclic amines) is 1. The van der Waals surface area contributed by atoms with Gasteiger partial charge in [0.2, 0.25) is 5.88 Å². The van der Waals surface area contributed by atoms with Crippen molar-refractivity contribution in [3.05, 3.63) is 33.5 Å². The molecule has 0 aromatic carbocycles. The third-order valence-corrected chi connectivity index (χ3v) is 10.6. The van der Waals surface area contributed by atoms with Crippen molar-refractivity contribution in [2.75, 3.05) is 19.3 Å². The van der Waals surface area contributed by atoms with Gasteiger partial charge in [0.25, 0.3) is 0 Å². The van der Waals surface area contributed by atoms with Crippen molar-refractivity contribution in [3.8, 4) is 23.5 Å². The molecule has 0 radical (unpaired) electrons. The van der Waals surface area contributed by atoms with E-state index in [4.69, 9.17) is 25.0 Å². The molecule has 4 aromatic heterocycles. The molecule has 0 amide bonds. The van der Waals surface area contributed by atoms with Crippen molar-refractivity contribution in [2.24, 2.45) is 0 Å². The highest BCUT2D eigenvalue weighted by molar-refractivity contribution is 7.16. The van der Waals surface area contributed by atoms with E-state index in [2.05, 4.69) is 35.2 Å². The lowest BCUT2D eigenvalue weighted by Crippen LogP contribution is -2.38. The van der Waals surface area contributed by atoms with E-state index in [9.17, 15) is 10.4 Å². The van der Waals surface area contributed by atoms with Crippen LogP contribution in [0.4, 0.5) is 5.00 Å². The first-order chi connectivity index (χ1) is 20.6. The fourth-order valence-electron chi connectivity index (χ4n) is 7.61. The quantitative estimate of drug-likeness (QED) is 0.321. The predicted octanol–water partition coefficient (Wildman–Crippen LogP) is 4.59. The lowest BCUT2D eigenvalue weighted by Gasteiger charge is -2.39. The molecule has 3 atom stereocenters. The van der Waals surface area contributed by atoms with E-state index in [0.29, 0.717) is 39.0 Å². The second-order valence-electron chi connectivity index (χ2n) is 13.1. The zero-order chi connectivity index (χ0) is 30.1. The van der Waals surface area contributed by atoms with Crippen LogP contribution in [0, 0.1) is 11.3 Å². The van der Waals surface area contributed by atoms with Crippen molar-refractivity contribution in [3.63, 3.8) is 0 Å². The molecule has 5 heterocycles. The number of nitriles is 1. The molecule has 12 heteroatoms. The summed E-state index contributed by atoms with van der Waals surface area (Å²) in [4.78, 5) is 13.4. The number of nitrogen functional groups attached to an aromatic ring is 1. The molecule has 0 saturated carbocycles. The predicted molar refractivity (Wildman–Crippen MR) is 163 cm³/mol. The third kappa shape index (κ3) is 4.60. The zero-order valence-corrected chi connectivity index (χ0v) is 26.0. The molecule has 0 unspecified atom stereocenters. The van der Waals surface area contributed by atoms with Crippen LogP contribution in [-0.2, 0) is 24.8 Å². The van der Waals surface area contributed by atoms with Crippen LogP contribution in [0.5, 0.6) is 5.88 Å². The van der Waals surface area contributed by atoms with Crippen molar-refractivity contribution in [1.82, 2.24) is 29.8 Å². The van der Waals surface area contributed by atoms with Crippen LogP contribution >= 0.6 is 11.3 Å². The summed E-state index contributed by atoms with van der Waals surface area (Å²) in [6.45, 7) is 6.88. The molecular formula is C31H38N8O3S. The lowest BCUT2D eigenvalue weighted by molar-refractivity contribution is 0.0589. The van der Waals surface area contributed by atoms with Gasteiger partial charge in [-0.3, -0.25) is 4.90 Å². The molecule has 1 aliphatic heterocycles. The van der Waals surface area contributed by atoms with Gasteiger partial charge in [-0.05, 0) is 91.3 Å². The van der Waals surface area contributed by atoms with Gasteiger partial charge in [0.15, 0.2) is 22.9 Å². The average Bonchev–Trinajstić information content (AvgIpc) is 3.74. The van der Waals surface area contributed by atoms with Crippen molar-refractivity contribution in [1.29, 1.82) is 5.26 Å². The van der Waals surface area contributed by atoms with Gasteiger partial charge in [-0.2, -0.15) is 15.3 Å². The maximum Gasteiger partial charge on any atom is 0.228 e. The van der Waals surface area contributed by atoms with Gasteiger partial charge >= 0.3 is 0 Å². The van der Waals surface area contributed by atoms with Crippen molar-refractivity contribution in [2.45, 2.75) is 102 Å². The van der Waals surface area contributed by atoms with Crippen LogP contribution in [0.1, 0.15) is 86.6 Å². The Labute approximate surface area is 254 Å². The normalized spacial score (nSPS) is 22.9. The molecule has 1 spiro atoms. The summed E-state index contributed by atoms with van der Waals surface area (Å²) in [7, 11) is 2.13. The number of rotatable bonds is 6. The highest BCUT2D eigenvalue weighted by Gasteiger charge is 2.49. The van der Waals surface area contributed by atoms with Gasteiger partial charge in [0.05, 0.1) is 29.3 Å². The van der Waals surface area contributed by atoms with E-state index in [1.807, 2.05) is 0 Å². The van der Waals surface area contributed by atoms with Gasteiger partial charge in [-0.1, -0.05) is 5.16 Å².